The Labute approximate surface area is 1040 Å². The number of terminal acetylenes is 1. The van der Waals surface area contributed by atoms with Crippen molar-refractivity contribution >= 4 is 135 Å². The molecule has 814 valence electrons. The third kappa shape index (κ3) is 80.8. The van der Waals surface area contributed by atoms with Gasteiger partial charge in [0.1, 0.15) is 80.1 Å². The van der Waals surface area contributed by atoms with Crippen molar-refractivity contribution in [2.24, 2.45) is 56.5 Å². The van der Waals surface area contributed by atoms with Crippen LogP contribution in [0.4, 0.5) is 24.0 Å². The second-order valence-corrected chi connectivity index (χ2v) is 43.6. The van der Waals surface area contributed by atoms with Crippen molar-refractivity contribution in [1.82, 2.24) is 18.9 Å². The van der Waals surface area contributed by atoms with Gasteiger partial charge in [0, 0.05) is 95.1 Å². The Balaban J connectivity index is -0.000000192. The van der Waals surface area contributed by atoms with Crippen molar-refractivity contribution in [1.29, 1.82) is 0 Å². The Morgan fingerprint density at radius 3 is 0.845 bits per heavy atom. The normalized spacial score (nSPS) is 14.0. The van der Waals surface area contributed by atoms with Crippen LogP contribution in [-0.4, -0.2) is 196 Å². The van der Waals surface area contributed by atoms with Gasteiger partial charge in [-0.25, -0.2) is 54.7 Å². The van der Waals surface area contributed by atoms with Crippen LogP contribution >= 0.6 is 7.60 Å². The van der Waals surface area contributed by atoms with Crippen LogP contribution < -0.4 is 240 Å². The molecule has 45 nitrogen and oxygen atoms in total. The van der Waals surface area contributed by atoms with Gasteiger partial charge < -0.3 is 81.5 Å². The summed E-state index contributed by atoms with van der Waals surface area (Å²) in [6, 6.07) is 45.8. The van der Waals surface area contributed by atoms with Crippen LogP contribution in [-0.2, 0) is 135 Å². The van der Waals surface area contributed by atoms with Gasteiger partial charge >= 0.3 is 249 Å². The number of ether oxygens (including phenoxy) is 6. The molecular weight excluding hydrogens is 2160 g/mol. The molecule has 55 heteroatoms. The molecule has 0 bridgehead atoms. The number of carbonyl (C=O) groups excluding carboxylic acids is 12. The molecule has 0 spiro atoms. The zero-order valence-corrected chi connectivity index (χ0v) is 106. The molecule has 5 unspecified atom stereocenters. The molecule has 9 amide bonds. The SMILES string of the molecule is C#CCC[C@H](C)CS(=O)(=NC(=O)O[C@@H](C)c1ccccc1)NC(C)=O.CC(=O)NS(=O)(C[C@@H](C)CCCO)=NC(=O)O[C@@H](C)c1ccccc1.CCCC[C@H](C)CS(=O)(=NC(=O)O[C@@H](C)c1ccccc1)NC(C)=O.CO.COCC[C@H](C)CS(=O)(=NC(=O)O[C@@H](C)c1ccccc1)NC(C)=O.COP(=O)(OC)C(=[N+]=[N-])C(C)=O.C[C@@H](CCCO)CS(N)(=O)=NC(=O)O[C@@H](C)c1ccccc1.O=CO[O-].O=CO[O-].[H-].[H-].[K+].[K+].[K+].[K+]. The zero-order chi connectivity index (χ0) is 111. The molecule has 0 saturated heterocycles. The Morgan fingerprint density at radius 1 is 0.432 bits per heavy atom. The molecule has 0 fully saturated rings. The standard InChI is InChI=1S/C18H28N2O4S.C18H24N2O4S.2C17H26N2O5S.C15H24N2O4S.C5H9N2O4P.2CH2O3.CH4O.4K.2H/c2*1-5-6-10-14(2)13-25(23,19-16(4)21)20-18(22)24-15(3)17-11-8-7-9-12-17;1-13(10-11-23-4)12-25(22,18-15(3)20)19-17(21)24-14(2)16-8-6-5-7-9-16;1-13(8-7-11-20)12-25(23,18-15(3)21)19-17(22)24-14(2)16-9-5-4-6-10-16;1-12(7-6-10-18)11-22(16,20)17-15(19)21-13(2)14-8-4-3-5-9-14;1-4(8)5(7-6)12(9,10-2)11-3;2*2-1-4-3;1-2;;;;;;/h7-9,11-12,14-15H,5-6,10,13H2,1-4H3,(H,19,20,21,22,23);1,7-9,11-12,14-15H,6,10,13H2,2-4H3,(H,19,20,21,22,23);5-9,13-14H,10-12H2,1-4H3,(H,18,19,20,21,22);4-6,9-10,13-14,20H,7-8,11-12H2,1-3H3,(H,18,19,21,22,23);3-5,8-9,12-13,18H,6-7,10-11H2,1-2H3,(H2,16,17,19,20);1-3H3;2*1,3H;2H,1H3;;;;;;/q;;;;;;;;;4*+1;2*-1/p-2/t2*14-,15-,25?;2*13-,14-,25?;12-,13-,22?;;;;;;;;;;/m00000........../s1. The second-order valence-electron chi connectivity index (χ2n) is 31.5. The molecule has 0 saturated carbocycles. The van der Waals surface area contributed by atoms with E-state index in [1.807, 2.05) is 174 Å². The quantitative estimate of drug-likeness (QED) is 0.00262. The predicted octanol–water partition coefficient (Wildman–Crippen LogP) is 1.61. The van der Waals surface area contributed by atoms with Gasteiger partial charge in [-0.3, -0.25) is 52.5 Å². The number of hydrogen-bond acceptors (Lipinski definition) is 33. The second kappa shape index (κ2) is 92.2. The zero-order valence-electron chi connectivity index (χ0n) is 91.0. The number of aliphatic hydroxyl groups is 3. The van der Waals surface area contributed by atoms with Crippen LogP contribution in [0, 0.1) is 41.9 Å². The molecule has 148 heavy (non-hydrogen) atoms. The van der Waals surface area contributed by atoms with Gasteiger partial charge in [-0.2, -0.15) is 4.79 Å². The molecule has 0 aromatic heterocycles. The average Bonchev–Trinajstić information content (AvgIpc) is 0.832. The van der Waals surface area contributed by atoms with E-state index in [1.165, 1.54) is 27.7 Å². The number of aliphatic hydroxyl groups excluding tert-OH is 3. The maximum Gasteiger partial charge on any atom is 1.00 e. The number of rotatable bonds is 44. The fourth-order valence-electron chi connectivity index (χ4n) is 11.8. The minimum atomic E-state index is -3.70. The largest absolute Gasteiger partial charge is 1.00 e. The van der Waals surface area contributed by atoms with Crippen LogP contribution in [0.1, 0.15) is 236 Å². The van der Waals surface area contributed by atoms with Crippen molar-refractivity contribution < 1.29 is 369 Å². The number of methoxy groups -OCH3 is 1. The summed E-state index contributed by atoms with van der Waals surface area (Å²) >= 11 is 0. The van der Waals surface area contributed by atoms with E-state index < -0.39 is 153 Å². The molecule has 0 aliphatic heterocycles. The number of benzene rings is 5. The summed E-state index contributed by atoms with van der Waals surface area (Å²) in [5, 5.41) is 47.1. The topological polar surface area (TPSA) is 679 Å². The van der Waals surface area contributed by atoms with Crippen molar-refractivity contribution in [3.63, 3.8) is 0 Å². The number of nitrogens with two attached hydrogens (primary N) is 1. The van der Waals surface area contributed by atoms with Crippen molar-refractivity contribution in [2.45, 2.75) is 206 Å². The molecule has 15 atom stereocenters. The van der Waals surface area contributed by atoms with Crippen molar-refractivity contribution in [3.05, 3.63) is 185 Å². The van der Waals surface area contributed by atoms with E-state index in [-0.39, 0.29) is 293 Å². The molecule has 9 N–H and O–H groups in total. The number of Topliss-reactive ketones (excluding diaryl/α,β-unsaturated/α-hetero) is 1. The third-order valence-electron chi connectivity index (χ3n) is 18.2. The summed E-state index contributed by atoms with van der Waals surface area (Å²) in [7, 11) is -15.0. The number of amides is 9. The number of nitrogens with one attached hydrogen (secondary N) is 4. The minimum Gasteiger partial charge on any atom is -1.00 e. The third-order valence-corrected chi connectivity index (χ3v) is 29.9. The van der Waals surface area contributed by atoms with Crippen LogP contribution in [0.3, 0.4) is 0 Å². The number of carbonyl (C=O) groups is 12. The van der Waals surface area contributed by atoms with Crippen LogP contribution in [0.15, 0.2) is 173 Å². The van der Waals surface area contributed by atoms with E-state index >= 15 is 0 Å². The van der Waals surface area contributed by atoms with Gasteiger partial charge in [0.05, 0.1) is 23.0 Å². The molecule has 5 aromatic carbocycles. The van der Waals surface area contributed by atoms with E-state index in [2.05, 4.69) is 77.2 Å². The monoisotopic (exact) mass is 2300 g/mol. The van der Waals surface area contributed by atoms with Gasteiger partial charge in [-0.05, 0) is 137 Å². The van der Waals surface area contributed by atoms with E-state index in [0.717, 1.165) is 75.3 Å². The van der Waals surface area contributed by atoms with E-state index in [9.17, 15) is 73.6 Å². The minimum absolute atomic E-state index is 0. The Bertz CT molecular complexity index is 5240. The first-order valence-corrected chi connectivity index (χ1v) is 54.6. The van der Waals surface area contributed by atoms with Gasteiger partial charge in [0.2, 0.25) is 29.4 Å². The fourth-order valence-corrected chi connectivity index (χ4v) is 21.6. The van der Waals surface area contributed by atoms with E-state index in [1.54, 1.807) is 53.9 Å². The van der Waals surface area contributed by atoms with Gasteiger partial charge in [-0.1, -0.05) is 206 Å². The summed E-state index contributed by atoms with van der Waals surface area (Å²) in [6.45, 7) is 26.1. The first kappa shape index (κ1) is 158. The summed E-state index contributed by atoms with van der Waals surface area (Å²) in [4.78, 5) is 141. The summed E-state index contributed by atoms with van der Waals surface area (Å²) < 4.78 is 142. The molecule has 0 aliphatic carbocycles. The maximum atomic E-state index is 12.9. The Hall–Kier alpha value is -4.95. The van der Waals surface area contributed by atoms with Gasteiger partial charge in [0.25, 0.3) is 12.9 Å². The van der Waals surface area contributed by atoms with E-state index in [0.29, 0.717) is 51.6 Å². The number of ketones is 1. The van der Waals surface area contributed by atoms with E-state index in [4.69, 9.17) is 80.9 Å². The fraction of sp³-hybridized carbons (Fsp3) is 0.516. The van der Waals surface area contributed by atoms with Crippen LogP contribution in [0.2, 0.25) is 0 Å². The van der Waals surface area contributed by atoms with Crippen molar-refractivity contribution in [3.8, 4) is 12.3 Å². The predicted molar refractivity (Wildman–Crippen MR) is 541 cm³/mol. The first-order valence-electron chi connectivity index (χ1n) is 44.6. The Morgan fingerprint density at radius 2 is 0.655 bits per heavy atom. The summed E-state index contributed by atoms with van der Waals surface area (Å²) in [6.07, 6.45) is 4.91. The van der Waals surface area contributed by atoms with Crippen LogP contribution in [0.25, 0.3) is 5.53 Å². The molecule has 5 rings (SSSR count). The Kier molecular flexibility index (Phi) is 98.6. The molecule has 5 aromatic rings. The molecule has 0 heterocycles. The maximum absolute atomic E-state index is 12.9. The van der Waals surface area contributed by atoms with Gasteiger partial charge in [0.15, 0.2) is 0 Å². The molecule has 0 aliphatic rings. The number of unbranched alkanes of at least 4 members (excludes halogenated alkanes) is 1. The summed E-state index contributed by atoms with van der Waals surface area (Å²) in [5.74, 6) is -0.0345. The number of nitrogens with zero attached hydrogens (tertiary/aromatic N) is 7. The molecular formula is C93H145K4N12O33PS5. The summed E-state index contributed by atoms with van der Waals surface area (Å²) in [5.41, 5.74) is 11.7. The van der Waals surface area contributed by atoms with Crippen molar-refractivity contribution in [2.75, 3.05) is 77.0 Å². The van der Waals surface area contributed by atoms with Gasteiger partial charge in [-0.15, -0.1) is 34.2 Å². The van der Waals surface area contributed by atoms with Crippen LogP contribution in [0.5, 0.6) is 0 Å². The smallest absolute Gasteiger partial charge is 1.00 e. The average molecular weight is 2310 g/mol. The molecule has 0 radical (unpaired) electrons. The first-order chi connectivity index (χ1) is 67.7. The number of hydrogen-bond donors (Lipinski definition) is 8.